The maximum Gasteiger partial charge on any atom is 0.437 e. The van der Waals surface area contributed by atoms with Crippen molar-refractivity contribution >= 4 is 11.6 Å². The van der Waals surface area contributed by atoms with E-state index in [-0.39, 0.29) is 18.1 Å². The second-order valence-electron chi connectivity index (χ2n) is 6.31. The zero-order chi connectivity index (χ0) is 20.5. The number of H-pyrrole nitrogens is 1. The minimum absolute atomic E-state index is 0.0433. The van der Waals surface area contributed by atoms with Gasteiger partial charge >= 0.3 is 6.18 Å². The average molecular weight is 393 g/mol. The van der Waals surface area contributed by atoms with Gasteiger partial charge in [-0.2, -0.15) is 23.4 Å². The van der Waals surface area contributed by atoms with Crippen molar-refractivity contribution in [1.82, 2.24) is 20.0 Å². The van der Waals surface area contributed by atoms with Crippen molar-refractivity contribution < 1.29 is 22.7 Å². The Morgan fingerprint density at radius 1 is 1.25 bits per heavy atom. The number of nitrogens with zero attached hydrogens (tertiary/aromatic N) is 3. The molecule has 1 amide bonds. The average Bonchev–Trinajstić information content (AvgIpc) is 3.23. The fourth-order valence-corrected chi connectivity index (χ4v) is 2.52. The van der Waals surface area contributed by atoms with Crippen LogP contribution in [-0.4, -0.2) is 25.9 Å². The number of carbonyl (C=O) groups is 1. The molecule has 10 heteroatoms. The molecule has 3 aromatic rings. The Bertz CT molecular complexity index is 1010. The Hall–Kier alpha value is -3.30. The van der Waals surface area contributed by atoms with E-state index in [0.29, 0.717) is 5.75 Å². The van der Waals surface area contributed by atoms with Crippen LogP contribution in [0.3, 0.4) is 0 Å². The van der Waals surface area contributed by atoms with Gasteiger partial charge in [0.25, 0.3) is 5.91 Å². The molecular formula is C18H18F3N5O2. The summed E-state index contributed by atoms with van der Waals surface area (Å²) < 4.78 is 46.0. The summed E-state index contributed by atoms with van der Waals surface area (Å²) in [5.41, 5.74) is 0.439. The molecule has 7 nitrogen and oxygen atoms in total. The second-order valence-corrected chi connectivity index (χ2v) is 6.31. The molecule has 0 aliphatic rings. The van der Waals surface area contributed by atoms with E-state index in [1.54, 1.807) is 0 Å². The van der Waals surface area contributed by atoms with E-state index in [2.05, 4.69) is 20.6 Å². The summed E-state index contributed by atoms with van der Waals surface area (Å²) >= 11 is 0. The Balaban J connectivity index is 1.70. The Morgan fingerprint density at radius 3 is 2.71 bits per heavy atom. The highest BCUT2D eigenvalue weighted by atomic mass is 19.4. The van der Waals surface area contributed by atoms with Gasteiger partial charge in [-0.15, -0.1) is 0 Å². The van der Waals surface area contributed by atoms with Crippen LogP contribution in [0.4, 0.5) is 18.9 Å². The highest BCUT2D eigenvalue weighted by Crippen LogP contribution is 2.34. The molecule has 0 aliphatic heterocycles. The number of aromatic amines is 1. The number of anilines is 1. The normalized spacial score (nSPS) is 11.5. The minimum Gasteiger partial charge on any atom is -0.471 e. The van der Waals surface area contributed by atoms with Crippen molar-refractivity contribution in [1.29, 1.82) is 0 Å². The predicted octanol–water partition coefficient (Wildman–Crippen LogP) is 3.84. The zero-order valence-electron chi connectivity index (χ0n) is 15.4. The number of ether oxygens (including phenoxy) is 1. The summed E-state index contributed by atoms with van der Waals surface area (Å²) in [4.78, 5) is 12.3. The van der Waals surface area contributed by atoms with Gasteiger partial charge in [0.15, 0.2) is 18.1 Å². The smallest absolute Gasteiger partial charge is 0.437 e. The van der Waals surface area contributed by atoms with Gasteiger partial charge in [-0.05, 0) is 44.0 Å². The number of carbonyl (C=O) groups excluding carboxylic acids is 1. The molecule has 28 heavy (non-hydrogen) atoms. The summed E-state index contributed by atoms with van der Waals surface area (Å²) in [6.07, 6.45) is -3.18. The van der Waals surface area contributed by atoms with E-state index < -0.39 is 23.5 Å². The van der Waals surface area contributed by atoms with Crippen LogP contribution in [0.25, 0.3) is 0 Å². The number of aromatic nitrogens is 4. The van der Waals surface area contributed by atoms with Gasteiger partial charge in [-0.3, -0.25) is 9.89 Å². The SMILES string of the molecule is Cc1ccc(C)c(OCn2ccc(C(=O)Nc3c(C(F)(F)F)n[nH]c3C)n2)c1. The second kappa shape index (κ2) is 7.37. The summed E-state index contributed by atoms with van der Waals surface area (Å²) in [6, 6.07) is 7.17. The number of hydrogen-bond acceptors (Lipinski definition) is 4. The zero-order valence-corrected chi connectivity index (χ0v) is 15.4. The monoisotopic (exact) mass is 393 g/mol. The molecule has 0 fully saturated rings. The van der Waals surface area contributed by atoms with Crippen molar-refractivity contribution in [2.45, 2.75) is 33.7 Å². The van der Waals surface area contributed by atoms with Crippen LogP contribution in [0.1, 0.15) is 33.0 Å². The molecule has 0 spiro atoms. The highest BCUT2D eigenvalue weighted by molar-refractivity contribution is 6.03. The first-order chi connectivity index (χ1) is 13.1. The lowest BCUT2D eigenvalue weighted by Gasteiger charge is -2.10. The molecule has 0 radical (unpaired) electrons. The van der Waals surface area contributed by atoms with Crippen LogP contribution in [-0.2, 0) is 12.9 Å². The van der Waals surface area contributed by atoms with Crippen molar-refractivity contribution in [3.63, 3.8) is 0 Å². The lowest BCUT2D eigenvalue weighted by molar-refractivity contribution is -0.140. The molecule has 3 rings (SSSR count). The van der Waals surface area contributed by atoms with Crippen molar-refractivity contribution in [3.05, 3.63) is 58.7 Å². The number of amides is 1. The molecule has 0 bridgehead atoms. The van der Waals surface area contributed by atoms with Gasteiger partial charge in [-0.1, -0.05) is 12.1 Å². The molecule has 148 valence electrons. The molecule has 0 aliphatic carbocycles. The van der Waals surface area contributed by atoms with E-state index in [0.717, 1.165) is 11.1 Å². The van der Waals surface area contributed by atoms with Crippen LogP contribution < -0.4 is 10.1 Å². The first-order valence-corrected chi connectivity index (χ1v) is 8.32. The van der Waals surface area contributed by atoms with Crippen LogP contribution in [0.15, 0.2) is 30.5 Å². The number of nitrogens with one attached hydrogen (secondary N) is 2. The number of benzene rings is 1. The van der Waals surface area contributed by atoms with E-state index in [1.807, 2.05) is 32.0 Å². The van der Waals surface area contributed by atoms with Crippen molar-refractivity contribution in [2.75, 3.05) is 5.32 Å². The minimum atomic E-state index is -4.69. The topological polar surface area (TPSA) is 84.8 Å². The number of alkyl halides is 3. The number of rotatable bonds is 5. The van der Waals surface area contributed by atoms with Gasteiger partial charge in [0.05, 0.1) is 11.4 Å². The van der Waals surface area contributed by atoms with Gasteiger partial charge in [0, 0.05) is 6.20 Å². The number of halogens is 3. The molecule has 0 unspecified atom stereocenters. The van der Waals surface area contributed by atoms with Crippen LogP contribution in [0.5, 0.6) is 5.75 Å². The van der Waals surface area contributed by atoms with Gasteiger partial charge in [0.1, 0.15) is 5.75 Å². The Morgan fingerprint density at radius 2 is 2.00 bits per heavy atom. The molecule has 0 saturated heterocycles. The van der Waals surface area contributed by atoms with E-state index in [4.69, 9.17) is 4.74 Å². The summed E-state index contributed by atoms with van der Waals surface area (Å²) in [5.74, 6) is -0.0918. The molecule has 2 N–H and O–H groups in total. The molecule has 2 heterocycles. The third-order valence-electron chi connectivity index (χ3n) is 4.02. The number of aryl methyl sites for hydroxylation is 3. The first kappa shape index (κ1) is 19.5. The lowest BCUT2D eigenvalue weighted by Crippen LogP contribution is -2.17. The standard InChI is InChI=1S/C18H18F3N5O2/c1-10-4-5-11(2)14(8-10)28-9-26-7-6-13(25-26)17(27)22-15-12(3)23-24-16(15)18(19,20)21/h4-8H,9H2,1-3H3,(H,22,27)(H,23,24). The third kappa shape index (κ3) is 4.16. The Labute approximate surface area is 158 Å². The van der Waals surface area contributed by atoms with E-state index >= 15 is 0 Å². The van der Waals surface area contributed by atoms with Crippen molar-refractivity contribution in [3.8, 4) is 5.75 Å². The molecular weight excluding hydrogens is 375 g/mol. The first-order valence-electron chi connectivity index (χ1n) is 8.32. The molecule has 2 aromatic heterocycles. The van der Waals surface area contributed by atoms with Gasteiger partial charge < -0.3 is 10.1 Å². The maximum absolute atomic E-state index is 13.0. The molecule has 0 atom stereocenters. The maximum atomic E-state index is 13.0. The lowest BCUT2D eigenvalue weighted by atomic mass is 10.1. The quantitative estimate of drug-likeness (QED) is 0.690. The van der Waals surface area contributed by atoms with Gasteiger partial charge in [-0.25, -0.2) is 4.68 Å². The third-order valence-corrected chi connectivity index (χ3v) is 4.02. The largest absolute Gasteiger partial charge is 0.471 e. The van der Waals surface area contributed by atoms with Crippen LogP contribution in [0.2, 0.25) is 0 Å². The number of hydrogen-bond donors (Lipinski definition) is 2. The van der Waals surface area contributed by atoms with E-state index in [1.165, 1.54) is 23.9 Å². The fourth-order valence-electron chi connectivity index (χ4n) is 2.52. The Kier molecular flexibility index (Phi) is 5.12. The molecule has 1 aromatic carbocycles. The summed E-state index contributed by atoms with van der Waals surface area (Å²) in [6.45, 7) is 5.28. The fraction of sp³-hybridized carbons (Fsp3) is 0.278. The highest BCUT2D eigenvalue weighted by Gasteiger charge is 2.38. The van der Waals surface area contributed by atoms with Gasteiger partial charge in [0.2, 0.25) is 0 Å². The van der Waals surface area contributed by atoms with Crippen LogP contribution in [0, 0.1) is 20.8 Å². The van der Waals surface area contributed by atoms with Crippen molar-refractivity contribution in [2.24, 2.45) is 0 Å². The van der Waals surface area contributed by atoms with Crippen LogP contribution >= 0.6 is 0 Å². The summed E-state index contributed by atoms with van der Waals surface area (Å²) in [5, 5.41) is 11.7. The summed E-state index contributed by atoms with van der Waals surface area (Å²) in [7, 11) is 0. The predicted molar refractivity (Wildman–Crippen MR) is 95.1 cm³/mol. The van der Waals surface area contributed by atoms with E-state index in [9.17, 15) is 18.0 Å². The molecule has 0 saturated carbocycles.